The van der Waals surface area contributed by atoms with Crippen LogP contribution in [0.4, 0.5) is 0 Å². The minimum Gasteiger partial charge on any atom is -0.480 e. The molecule has 94 valence electrons. The summed E-state index contributed by atoms with van der Waals surface area (Å²) in [6.45, 7) is 2.37. The van der Waals surface area contributed by atoms with Gasteiger partial charge in [-0.3, -0.25) is 4.79 Å². The molecule has 0 aliphatic carbocycles. The Kier molecular flexibility index (Phi) is 4.69. The molecule has 1 fully saturated rings. The average molecular weight is 251 g/mol. The summed E-state index contributed by atoms with van der Waals surface area (Å²) in [7, 11) is -3.58. The molecule has 0 spiro atoms. The zero-order valence-electron chi connectivity index (χ0n) is 9.18. The molecule has 1 saturated heterocycles. The predicted octanol–water partition coefficient (Wildman–Crippen LogP) is -0.0520. The van der Waals surface area contributed by atoms with Gasteiger partial charge in [-0.15, -0.1) is 0 Å². The highest BCUT2D eigenvalue weighted by Gasteiger charge is 2.33. The SMILES string of the molecule is CCCC(NS(=O)(=O)C1CCOC1)C(=O)O. The highest BCUT2D eigenvalue weighted by atomic mass is 32.2. The van der Waals surface area contributed by atoms with E-state index in [2.05, 4.69) is 4.72 Å². The standard InChI is InChI=1S/C9H17NO5S/c1-2-3-8(9(11)12)10-16(13,14)7-4-5-15-6-7/h7-8,10H,2-6H2,1H3,(H,11,12). The molecule has 1 rings (SSSR count). The van der Waals surface area contributed by atoms with Crippen LogP contribution in [0.25, 0.3) is 0 Å². The Hall–Kier alpha value is -0.660. The molecule has 6 nitrogen and oxygen atoms in total. The lowest BCUT2D eigenvalue weighted by molar-refractivity contribution is -0.139. The summed E-state index contributed by atoms with van der Waals surface area (Å²) in [5, 5.41) is 8.23. The van der Waals surface area contributed by atoms with Crippen LogP contribution < -0.4 is 4.72 Å². The summed E-state index contributed by atoms with van der Waals surface area (Å²) in [6.07, 6.45) is 1.33. The van der Waals surface area contributed by atoms with Gasteiger partial charge in [-0.25, -0.2) is 13.1 Å². The van der Waals surface area contributed by atoms with E-state index in [-0.39, 0.29) is 6.61 Å². The molecule has 0 radical (unpaired) electrons. The molecule has 0 aromatic heterocycles. The van der Waals surface area contributed by atoms with Crippen LogP contribution in [0.3, 0.4) is 0 Å². The van der Waals surface area contributed by atoms with Crippen molar-refractivity contribution in [2.24, 2.45) is 0 Å². The van der Waals surface area contributed by atoms with Crippen LogP contribution in [0.2, 0.25) is 0 Å². The fourth-order valence-corrected chi connectivity index (χ4v) is 3.06. The third kappa shape index (κ3) is 3.43. The molecule has 1 heterocycles. The molecule has 1 aliphatic heterocycles. The lowest BCUT2D eigenvalue weighted by atomic mass is 10.2. The van der Waals surface area contributed by atoms with Crippen molar-refractivity contribution in [1.82, 2.24) is 4.72 Å². The number of carboxylic acid groups (broad SMARTS) is 1. The zero-order valence-corrected chi connectivity index (χ0v) is 10.00. The smallest absolute Gasteiger partial charge is 0.321 e. The zero-order chi connectivity index (χ0) is 12.2. The van der Waals surface area contributed by atoms with Crippen LogP contribution in [0.5, 0.6) is 0 Å². The van der Waals surface area contributed by atoms with E-state index < -0.39 is 27.3 Å². The molecule has 0 aromatic rings. The second-order valence-electron chi connectivity index (χ2n) is 3.83. The molecular weight excluding hydrogens is 234 g/mol. The van der Waals surface area contributed by atoms with Crippen LogP contribution in [-0.4, -0.2) is 44.0 Å². The van der Waals surface area contributed by atoms with E-state index >= 15 is 0 Å². The van der Waals surface area contributed by atoms with Crippen LogP contribution in [-0.2, 0) is 19.6 Å². The summed E-state index contributed by atoms with van der Waals surface area (Å²) in [6, 6.07) is -1.03. The van der Waals surface area contributed by atoms with Crippen LogP contribution >= 0.6 is 0 Å². The predicted molar refractivity (Wildman–Crippen MR) is 57.6 cm³/mol. The van der Waals surface area contributed by atoms with Crippen LogP contribution in [0, 0.1) is 0 Å². The van der Waals surface area contributed by atoms with Gasteiger partial charge < -0.3 is 9.84 Å². The normalized spacial score (nSPS) is 23.2. The van der Waals surface area contributed by atoms with Crippen molar-refractivity contribution in [2.75, 3.05) is 13.2 Å². The number of carboxylic acids is 1. The van der Waals surface area contributed by atoms with Gasteiger partial charge in [0.25, 0.3) is 0 Å². The van der Waals surface area contributed by atoms with Crippen LogP contribution in [0.15, 0.2) is 0 Å². The van der Waals surface area contributed by atoms with Gasteiger partial charge >= 0.3 is 5.97 Å². The molecule has 0 aromatic carbocycles. The van der Waals surface area contributed by atoms with E-state index in [0.717, 1.165) is 0 Å². The van der Waals surface area contributed by atoms with E-state index in [1.54, 1.807) is 0 Å². The molecule has 7 heteroatoms. The Morgan fingerprint density at radius 1 is 1.62 bits per heavy atom. The number of nitrogens with one attached hydrogen (secondary N) is 1. The summed E-state index contributed by atoms with van der Waals surface area (Å²) < 4.78 is 30.7. The van der Waals surface area contributed by atoms with Crippen molar-refractivity contribution in [3.05, 3.63) is 0 Å². The van der Waals surface area contributed by atoms with Crippen molar-refractivity contribution in [2.45, 2.75) is 37.5 Å². The molecule has 0 amide bonds. The number of sulfonamides is 1. The minimum absolute atomic E-state index is 0.147. The van der Waals surface area contributed by atoms with Crippen molar-refractivity contribution in [1.29, 1.82) is 0 Å². The molecule has 2 unspecified atom stereocenters. The van der Waals surface area contributed by atoms with Gasteiger partial charge in [0.2, 0.25) is 10.0 Å². The van der Waals surface area contributed by atoms with Gasteiger partial charge in [0.15, 0.2) is 0 Å². The van der Waals surface area contributed by atoms with Crippen molar-refractivity contribution in [3.63, 3.8) is 0 Å². The molecular formula is C9H17NO5S. The average Bonchev–Trinajstić information content (AvgIpc) is 2.69. The quantitative estimate of drug-likeness (QED) is 0.690. The first kappa shape index (κ1) is 13.4. The molecule has 1 aliphatic rings. The Labute approximate surface area is 95.0 Å². The Morgan fingerprint density at radius 3 is 2.75 bits per heavy atom. The van der Waals surface area contributed by atoms with E-state index in [4.69, 9.17) is 9.84 Å². The van der Waals surface area contributed by atoms with Crippen molar-refractivity contribution < 1.29 is 23.1 Å². The third-order valence-corrected chi connectivity index (χ3v) is 4.37. The summed E-state index contributed by atoms with van der Waals surface area (Å²) >= 11 is 0. The van der Waals surface area contributed by atoms with Crippen molar-refractivity contribution in [3.8, 4) is 0 Å². The second kappa shape index (κ2) is 5.60. The molecule has 2 N–H and O–H groups in total. The third-order valence-electron chi connectivity index (χ3n) is 2.51. The summed E-state index contributed by atoms with van der Waals surface area (Å²) in [4.78, 5) is 10.8. The maximum atomic E-state index is 11.8. The van der Waals surface area contributed by atoms with Gasteiger partial charge in [0.1, 0.15) is 11.3 Å². The Balaban J connectivity index is 2.65. The van der Waals surface area contributed by atoms with E-state index in [1.807, 2.05) is 6.92 Å². The van der Waals surface area contributed by atoms with E-state index in [1.165, 1.54) is 0 Å². The highest BCUT2D eigenvalue weighted by molar-refractivity contribution is 7.90. The Bertz CT molecular complexity index is 334. The lowest BCUT2D eigenvalue weighted by Gasteiger charge is -2.16. The summed E-state index contributed by atoms with van der Waals surface area (Å²) in [5.74, 6) is -1.13. The number of aliphatic carboxylic acids is 1. The second-order valence-corrected chi connectivity index (χ2v) is 5.82. The largest absolute Gasteiger partial charge is 0.480 e. The number of hydrogen-bond donors (Lipinski definition) is 2. The maximum absolute atomic E-state index is 11.8. The summed E-state index contributed by atoms with van der Waals surface area (Å²) in [5.41, 5.74) is 0. The van der Waals surface area contributed by atoms with Crippen LogP contribution in [0.1, 0.15) is 26.2 Å². The maximum Gasteiger partial charge on any atom is 0.321 e. The van der Waals surface area contributed by atoms with Gasteiger partial charge in [0, 0.05) is 6.61 Å². The highest BCUT2D eigenvalue weighted by Crippen LogP contribution is 2.13. The van der Waals surface area contributed by atoms with Gasteiger partial charge in [0.05, 0.1) is 6.61 Å². The molecule has 16 heavy (non-hydrogen) atoms. The topological polar surface area (TPSA) is 92.7 Å². The van der Waals surface area contributed by atoms with Crippen molar-refractivity contribution >= 4 is 16.0 Å². The molecule has 0 saturated carbocycles. The van der Waals surface area contributed by atoms with Gasteiger partial charge in [-0.05, 0) is 12.8 Å². The monoisotopic (exact) mass is 251 g/mol. The van der Waals surface area contributed by atoms with E-state index in [0.29, 0.717) is 25.9 Å². The van der Waals surface area contributed by atoms with E-state index in [9.17, 15) is 13.2 Å². The fourth-order valence-electron chi connectivity index (χ4n) is 1.57. The number of carbonyl (C=O) groups is 1. The number of rotatable bonds is 6. The first-order valence-electron chi connectivity index (χ1n) is 5.29. The van der Waals surface area contributed by atoms with Gasteiger partial charge in [-0.2, -0.15) is 0 Å². The lowest BCUT2D eigenvalue weighted by Crippen LogP contribution is -2.45. The first-order valence-corrected chi connectivity index (χ1v) is 6.83. The molecule has 0 bridgehead atoms. The van der Waals surface area contributed by atoms with Gasteiger partial charge in [-0.1, -0.05) is 13.3 Å². The fraction of sp³-hybridized carbons (Fsp3) is 0.889. The number of ether oxygens (including phenoxy) is 1. The minimum atomic E-state index is -3.58. The number of hydrogen-bond acceptors (Lipinski definition) is 4. The first-order chi connectivity index (χ1) is 7.47. The molecule has 2 atom stereocenters. The Morgan fingerprint density at radius 2 is 2.31 bits per heavy atom.